The number of anilines is 2. The Hall–Kier alpha value is -1.18. The molecule has 0 aliphatic carbocycles. The van der Waals surface area contributed by atoms with Crippen molar-refractivity contribution in [3.8, 4) is 0 Å². The Morgan fingerprint density at radius 2 is 2.29 bits per heavy atom. The van der Waals surface area contributed by atoms with Gasteiger partial charge in [-0.05, 0) is 25.0 Å². The molecular weight excluding hydrogens is 172 g/mol. The van der Waals surface area contributed by atoms with Gasteiger partial charge in [-0.15, -0.1) is 0 Å². The molecule has 1 aromatic rings. The summed E-state index contributed by atoms with van der Waals surface area (Å²) in [5, 5.41) is 7.08. The SMILES string of the molecule is CCCC1CNc2c(C)cccc2N1. The lowest BCUT2D eigenvalue weighted by Gasteiger charge is -2.29. The standard InChI is InChI=1S/C12H18N2/c1-3-5-10-8-13-12-9(2)6-4-7-11(12)14-10/h4,6-7,10,13-14H,3,5,8H2,1-2H3. The molecule has 2 rings (SSSR count). The maximum atomic E-state index is 3.58. The van der Waals surface area contributed by atoms with Crippen molar-refractivity contribution in [1.82, 2.24) is 0 Å². The summed E-state index contributed by atoms with van der Waals surface area (Å²) in [6, 6.07) is 7.00. The predicted octanol–water partition coefficient (Wildman–Crippen LogP) is 3.00. The average molecular weight is 190 g/mol. The van der Waals surface area contributed by atoms with Gasteiger partial charge in [0, 0.05) is 12.6 Å². The third kappa shape index (κ3) is 1.69. The third-order valence-electron chi connectivity index (χ3n) is 2.79. The van der Waals surface area contributed by atoms with E-state index >= 15 is 0 Å². The van der Waals surface area contributed by atoms with Gasteiger partial charge < -0.3 is 10.6 Å². The number of hydrogen-bond acceptors (Lipinski definition) is 2. The quantitative estimate of drug-likeness (QED) is 0.749. The van der Waals surface area contributed by atoms with Crippen LogP contribution in [0, 0.1) is 6.92 Å². The second-order valence-corrected chi connectivity index (χ2v) is 4.01. The van der Waals surface area contributed by atoms with Crippen LogP contribution in [0.2, 0.25) is 0 Å². The molecule has 0 aromatic heterocycles. The molecule has 1 aliphatic rings. The molecule has 2 heteroatoms. The Bertz CT molecular complexity index is 320. The minimum atomic E-state index is 0.592. The summed E-state index contributed by atoms with van der Waals surface area (Å²) in [7, 11) is 0. The summed E-state index contributed by atoms with van der Waals surface area (Å²) < 4.78 is 0. The fraction of sp³-hybridized carbons (Fsp3) is 0.500. The van der Waals surface area contributed by atoms with Crippen molar-refractivity contribution >= 4 is 11.4 Å². The molecule has 1 aromatic carbocycles. The number of rotatable bonds is 2. The lowest BCUT2D eigenvalue weighted by atomic mass is 10.1. The molecule has 2 nitrogen and oxygen atoms in total. The zero-order valence-electron chi connectivity index (χ0n) is 8.93. The largest absolute Gasteiger partial charge is 0.381 e. The molecule has 0 bridgehead atoms. The highest BCUT2D eigenvalue weighted by Crippen LogP contribution is 2.29. The van der Waals surface area contributed by atoms with Gasteiger partial charge in [-0.25, -0.2) is 0 Å². The molecule has 2 N–H and O–H groups in total. The highest BCUT2D eigenvalue weighted by molar-refractivity contribution is 5.74. The normalized spacial score (nSPS) is 19.4. The van der Waals surface area contributed by atoms with Crippen LogP contribution >= 0.6 is 0 Å². The Kier molecular flexibility index (Phi) is 2.62. The first-order valence-electron chi connectivity index (χ1n) is 5.41. The van der Waals surface area contributed by atoms with E-state index in [-0.39, 0.29) is 0 Å². The van der Waals surface area contributed by atoms with Crippen LogP contribution in [0.3, 0.4) is 0 Å². The maximum absolute atomic E-state index is 3.58. The van der Waals surface area contributed by atoms with E-state index in [0.717, 1.165) is 6.54 Å². The molecule has 1 aliphatic heterocycles. The average Bonchev–Trinajstić information content (AvgIpc) is 2.18. The van der Waals surface area contributed by atoms with E-state index in [1.165, 1.54) is 29.8 Å². The summed E-state index contributed by atoms with van der Waals surface area (Å²) >= 11 is 0. The minimum absolute atomic E-state index is 0.592. The minimum Gasteiger partial charge on any atom is -0.381 e. The predicted molar refractivity (Wildman–Crippen MR) is 62.0 cm³/mol. The van der Waals surface area contributed by atoms with Crippen molar-refractivity contribution in [2.75, 3.05) is 17.2 Å². The fourth-order valence-corrected chi connectivity index (χ4v) is 2.04. The molecule has 0 saturated carbocycles. The molecular formula is C12H18N2. The molecule has 0 spiro atoms. The molecule has 76 valence electrons. The van der Waals surface area contributed by atoms with Crippen LogP contribution < -0.4 is 10.6 Å². The maximum Gasteiger partial charge on any atom is 0.0606 e. The Labute approximate surface area is 85.7 Å². The number of aryl methyl sites for hydroxylation is 1. The summed E-state index contributed by atoms with van der Waals surface area (Å²) in [6.45, 7) is 5.42. The van der Waals surface area contributed by atoms with Gasteiger partial charge in [0.15, 0.2) is 0 Å². The van der Waals surface area contributed by atoms with Crippen LogP contribution in [-0.2, 0) is 0 Å². The van der Waals surface area contributed by atoms with Gasteiger partial charge in [-0.1, -0.05) is 25.5 Å². The van der Waals surface area contributed by atoms with Gasteiger partial charge in [0.2, 0.25) is 0 Å². The van der Waals surface area contributed by atoms with Gasteiger partial charge in [0.05, 0.1) is 11.4 Å². The van der Waals surface area contributed by atoms with Crippen molar-refractivity contribution in [3.05, 3.63) is 23.8 Å². The lowest BCUT2D eigenvalue weighted by molar-refractivity contribution is 0.655. The van der Waals surface area contributed by atoms with E-state index in [2.05, 4.69) is 42.7 Å². The highest BCUT2D eigenvalue weighted by Gasteiger charge is 2.16. The van der Waals surface area contributed by atoms with Gasteiger partial charge in [0.1, 0.15) is 0 Å². The molecule has 0 fully saturated rings. The first-order chi connectivity index (χ1) is 6.81. The molecule has 1 atom stereocenters. The Balaban J connectivity index is 2.18. The number of para-hydroxylation sites is 1. The number of nitrogens with one attached hydrogen (secondary N) is 2. The van der Waals surface area contributed by atoms with E-state index < -0.39 is 0 Å². The molecule has 1 unspecified atom stereocenters. The first kappa shape index (κ1) is 9.38. The second kappa shape index (κ2) is 3.91. The molecule has 0 radical (unpaired) electrons. The molecule has 0 saturated heterocycles. The number of fused-ring (bicyclic) bond motifs is 1. The first-order valence-corrected chi connectivity index (χ1v) is 5.41. The fourth-order valence-electron chi connectivity index (χ4n) is 2.04. The number of hydrogen-bond donors (Lipinski definition) is 2. The lowest BCUT2D eigenvalue weighted by Crippen LogP contribution is -2.33. The van der Waals surface area contributed by atoms with Crippen molar-refractivity contribution in [1.29, 1.82) is 0 Å². The topological polar surface area (TPSA) is 24.1 Å². The van der Waals surface area contributed by atoms with Crippen LogP contribution in [0.25, 0.3) is 0 Å². The van der Waals surface area contributed by atoms with Gasteiger partial charge in [-0.2, -0.15) is 0 Å². The zero-order chi connectivity index (χ0) is 9.97. The smallest absolute Gasteiger partial charge is 0.0606 e. The van der Waals surface area contributed by atoms with E-state index in [1.54, 1.807) is 0 Å². The summed E-state index contributed by atoms with van der Waals surface area (Å²) in [6.07, 6.45) is 2.47. The van der Waals surface area contributed by atoms with Gasteiger partial charge in [-0.3, -0.25) is 0 Å². The molecule has 1 heterocycles. The molecule has 14 heavy (non-hydrogen) atoms. The third-order valence-corrected chi connectivity index (χ3v) is 2.79. The van der Waals surface area contributed by atoms with E-state index in [1.807, 2.05) is 0 Å². The van der Waals surface area contributed by atoms with E-state index in [9.17, 15) is 0 Å². The van der Waals surface area contributed by atoms with Crippen LogP contribution in [-0.4, -0.2) is 12.6 Å². The Morgan fingerprint density at radius 3 is 3.07 bits per heavy atom. The monoisotopic (exact) mass is 190 g/mol. The van der Waals surface area contributed by atoms with Crippen molar-refractivity contribution in [2.45, 2.75) is 32.7 Å². The van der Waals surface area contributed by atoms with Crippen molar-refractivity contribution in [2.24, 2.45) is 0 Å². The van der Waals surface area contributed by atoms with Gasteiger partial charge in [0.25, 0.3) is 0 Å². The van der Waals surface area contributed by atoms with Crippen LogP contribution in [0.1, 0.15) is 25.3 Å². The van der Waals surface area contributed by atoms with Crippen molar-refractivity contribution < 1.29 is 0 Å². The summed E-state index contributed by atoms with van der Waals surface area (Å²) in [5.74, 6) is 0. The van der Waals surface area contributed by atoms with Crippen LogP contribution in [0.4, 0.5) is 11.4 Å². The highest BCUT2D eigenvalue weighted by atomic mass is 15.1. The van der Waals surface area contributed by atoms with Crippen molar-refractivity contribution in [3.63, 3.8) is 0 Å². The van der Waals surface area contributed by atoms with Crippen LogP contribution in [0.5, 0.6) is 0 Å². The van der Waals surface area contributed by atoms with E-state index in [4.69, 9.17) is 0 Å². The Morgan fingerprint density at radius 1 is 1.43 bits per heavy atom. The number of benzene rings is 1. The van der Waals surface area contributed by atoms with E-state index in [0.29, 0.717) is 6.04 Å². The zero-order valence-corrected chi connectivity index (χ0v) is 8.93. The van der Waals surface area contributed by atoms with Crippen LogP contribution in [0.15, 0.2) is 18.2 Å². The molecule has 0 amide bonds. The van der Waals surface area contributed by atoms with Gasteiger partial charge >= 0.3 is 0 Å². The second-order valence-electron chi connectivity index (χ2n) is 4.01. The summed E-state index contributed by atoms with van der Waals surface area (Å²) in [5.41, 5.74) is 3.86. The summed E-state index contributed by atoms with van der Waals surface area (Å²) in [4.78, 5) is 0.